The van der Waals surface area contributed by atoms with Gasteiger partial charge in [-0.05, 0) is 48.9 Å². The molecule has 7 rings (SSSR count). The number of ether oxygens (including phenoxy) is 2. The summed E-state index contributed by atoms with van der Waals surface area (Å²) in [5.74, 6) is 1.24. The van der Waals surface area contributed by atoms with E-state index in [9.17, 15) is 18.0 Å². The highest BCUT2D eigenvalue weighted by atomic mass is 19.3. The van der Waals surface area contributed by atoms with Crippen molar-refractivity contribution in [1.82, 2.24) is 14.5 Å². The highest BCUT2D eigenvalue weighted by molar-refractivity contribution is 5.59. The molecule has 4 aliphatic rings. The summed E-state index contributed by atoms with van der Waals surface area (Å²) in [6.45, 7) is 1.59. The van der Waals surface area contributed by atoms with Gasteiger partial charge in [0.1, 0.15) is 18.1 Å². The first-order valence-electron chi connectivity index (χ1n) is 11.1. The molecule has 1 aromatic carbocycles. The van der Waals surface area contributed by atoms with Crippen LogP contribution >= 0.6 is 0 Å². The Bertz CT molecular complexity index is 1320. The Morgan fingerprint density at radius 3 is 2.79 bits per heavy atom. The van der Waals surface area contributed by atoms with Crippen LogP contribution in [0.2, 0.25) is 0 Å². The first kappa shape index (κ1) is 21.0. The van der Waals surface area contributed by atoms with E-state index >= 15 is 0 Å². The summed E-state index contributed by atoms with van der Waals surface area (Å²) >= 11 is 0. The van der Waals surface area contributed by atoms with Crippen LogP contribution in [-0.4, -0.2) is 26.6 Å². The van der Waals surface area contributed by atoms with Crippen molar-refractivity contribution in [3.05, 3.63) is 70.3 Å². The normalized spacial score (nSPS) is 22.2. The minimum Gasteiger partial charge on any atom is -0.483 e. The van der Waals surface area contributed by atoms with Crippen molar-refractivity contribution in [2.24, 2.45) is 5.92 Å². The van der Waals surface area contributed by atoms with E-state index in [0.717, 1.165) is 37.7 Å². The van der Waals surface area contributed by atoms with E-state index in [1.807, 2.05) is 0 Å². The van der Waals surface area contributed by atoms with Crippen molar-refractivity contribution in [3.8, 4) is 17.2 Å². The second-order valence-corrected chi connectivity index (χ2v) is 9.11. The van der Waals surface area contributed by atoms with Gasteiger partial charge in [-0.3, -0.25) is 9.55 Å². The number of halogens is 3. The van der Waals surface area contributed by atoms with Crippen LogP contribution in [0.3, 0.4) is 0 Å². The van der Waals surface area contributed by atoms with Crippen molar-refractivity contribution in [2.75, 3.05) is 11.4 Å². The van der Waals surface area contributed by atoms with Gasteiger partial charge >= 0.3 is 5.69 Å². The summed E-state index contributed by atoms with van der Waals surface area (Å²) < 4.78 is 53.4. The molecule has 3 aliphatic heterocycles. The number of nitrogens with zero attached hydrogens (tertiary/aromatic N) is 4. The Hall–Kier alpha value is -3.56. The molecule has 34 heavy (non-hydrogen) atoms. The smallest absolute Gasteiger partial charge is 0.349 e. The minimum atomic E-state index is -2.75. The molecular formula is C24H21F3N4O3. The molecule has 7 nitrogen and oxygen atoms in total. The fourth-order valence-electron chi connectivity index (χ4n) is 5.45. The van der Waals surface area contributed by atoms with Gasteiger partial charge in [0.25, 0.3) is 6.43 Å². The average Bonchev–Trinajstić information content (AvgIpc) is 3.37. The monoisotopic (exact) mass is 470 g/mol. The lowest BCUT2D eigenvalue weighted by Gasteiger charge is -2.47. The van der Waals surface area contributed by atoms with Gasteiger partial charge in [-0.15, -0.1) is 0 Å². The lowest BCUT2D eigenvalue weighted by atomic mass is 9.71. The van der Waals surface area contributed by atoms with Crippen LogP contribution in [0.4, 0.5) is 19.0 Å². The Balaban J connectivity index is 1.20. The van der Waals surface area contributed by atoms with Crippen molar-refractivity contribution in [1.29, 1.82) is 0 Å². The molecule has 3 fully saturated rings. The highest BCUT2D eigenvalue weighted by Gasteiger charge is 2.58. The number of hydrogen-bond donors (Lipinski definition) is 0. The van der Waals surface area contributed by atoms with Gasteiger partial charge in [-0.25, -0.2) is 18.0 Å². The quantitative estimate of drug-likeness (QED) is 0.530. The molecule has 1 spiro atoms. The molecule has 3 aromatic rings. The molecule has 0 unspecified atom stereocenters. The second-order valence-electron chi connectivity index (χ2n) is 9.11. The lowest BCUT2D eigenvalue weighted by Crippen LogP contribution is -2.52. The van der Waals surface area contributed by atoms with E-state index in [2.05, 4.69) is 14.9 Å². The third-order valence-corrected chi connectivity index (χ3v) is 7.00. The largest absolute Gasteiger partial charge is 0.483 e. The predicted octanol–water partition coefficient (Wildman–Crippen LogP) is 4.46. The van der Waals surface area contributed by atoms with E-state index < -0.39 is 17.9 Å². The summed E-state index contributed by atoms with van der Waals surface area (Å²) in [4.78, 5) is 22.2. The number of hydrogen-bond acceptors (Lipinski definition) is 6. The maximum atomic E-state index is 14.7. The molecule has 1 aliphatic carbocycles. The van der Waals surface area contributed by atoms with Crippen LogP contribution < -0.4 is 20.1 Å². The van der Waals surface area contributed by atoms with Crippen LogP contribution in [0.25, 0.3) is 0 Å². The predicted molar refractivity (Wildman–Crippen MR) is 116 cm³/mol. The number of aromatic nitrogens is 3. The number of anilines is 1. The number of benzene rings is 1. The van der Waals surface area contributed by atoms with E-state index in [0.29, 0.717) is 23.8 Å². The molecule has 2 saturated heterocycles. The number of alkyl halides is 2. The van der Waals surface area contributed by atoms with E-state index in [4.69, 9.17) is 9.47 Å². The van der Waals surface area contributed by atoms with Crippen molar-refractivity contribution in [2.45, 2.75) is 44.4 Å². The Morgan fingerprint density at radius 1 is 1.15 bits per heavy atom. The second kappa shape index (κ2) is 7.75. The summed E-state index contributed by atoms with van der Waals surface area (Å²) in [7, 11) is 0. The standard InChI is InChI=1S/C24H21F3N4O3/c25-17-7-14(1-2-19(17)34-16-3-5-28-18(8-16)21(26)27)13-33-20-11-29-23(32)30-6-4-24-9-15(10-24)12-31(24)22(20)30/h1-3,5,7-8,11,15,21H,4,6,9-10,12-13H2. The lowest BCUT2D eigenvalue weighted by molar-refractivity contribution is 0.145. The molecule has 10 heteroatoms. The van der Waals surface area contributed by atoms with E-state index in [1.165, 1.54) is 30.6 Å². The zero-order valence-corrected chi connectivity index (χ0v) is 18.1. The summed E-state index contributed by atoms with van der Waals surface area (Å²) in [5.41, 5.74) is -0.0631. The molecule has 1 saturated carbocycles. The Morgan fingerprint density at radius 2 is 2.00 bits per heavy atom. The van der Waals surface area contributed by atoms with E-state index in [1.54, 1.807) is 10.6 Å². The molecular weight excluding hydrogens is 449 g/mol. The van der Waals surface area contributed by atoms with Gasteiger partial charge in [0.2, 0.25) is 0 Å². The zero-order valence-electron chi connectivity index (χ0n) is 18.1. The van der Waals surface area contributed by atoms with Gasteiger partial charge in [0.05, 0.1) is 6.20 Å². The van der Waals surface area contributed by atoms with Crippen LogP contribution in [-0.2, 0) is 13.2 Å². The van der Waals surface area contributed by atoms with Gasteiger partial charge in [-0.2, -0.15) is 4.98 Å². The van der Waals surface area contributed by atoms with Crippen LogP contribution in [0.15, 0.2) is 47.5 Å². The topological polar surface area (TPSA) is 69.5 Å². The van der Waals surface area contributed by atoms with Crippen molar-refractivity contribution in [3.63, 3.8) is 0 Å². The third-order valence-electron chi connectivity index (χ3n) is 7.00. The van der Waals surface area contributed by atoms with Gasteiger partial charge in [-0.1, -0.05) is 6.07 Å². The summed E-state index contributed by atoms with van der Waals surface area (Å²) in [6, 6.07) is 6.78. The van der Waals surface area contributed by atoms with Gasteiger partial charge in [0, 0.05) is 30.9 Å². The number of fused-ring (bicyclic) bond motifs is 1. The Kier molecular flexibility index (Phi) is 4.79. The zero-order chi connectivity index (χ0) is 23.4. The Labute approximate surface area is 192 Å². The molecule has 2 bridgehead atoms. The molecule has 0 radical (unpaired) electrons. The van der Waals surface area contributed by atoms with Crippen LogP contribution in [0.1, 0.15) is 36.9 Å². The number of pyridine rings is 1. The average molecular weight is 470 g/mol. The maximum Gasteiger partial charge on any atom is 0.349 e. The SMILES string of the molecule is O=c1ncc(OCc2ccc(Oc3ccnc(C(F)F)c3)c(F)c2)c2n1CCC13CC(CN21)C3. The highest BCUT2D eigenvalue weighted by Crippen LogP contribution is 2.57. The molecule has 2 aromatic heterocycles. The fourth-order valence-corrected chi connectivity index (χ4v) is 5.45. The number of rotatable bonds is 6. The molecule has 0 N–H and O–H groups in total. The van der Waals surface area contributed by atoms with Gasteiger partial charge in [0.15, 0.2) is 23.1 Å². The first-order valence-corrected chi connectivity index (χ1v) is 11.1. The third kappa shape index (κ3) is 3.39. The fraction of sp³-hybridized carbons (Fsp3) is 0.375. The van der Waals surface area contributed by atoms with Gasteiger partial charge < -0.3 is 14.4 Å². The summed E-state index contributed by atoms with van der Waals surface area (Å²) in [5, 5.41) is 0. The molecule has 0 atom stereocenters. The van der Waals surface area contributed by atoms with Crippen molar-refractivity contribution >= 4 is 5.82 Å². The molecule has 5 heterocycles. The van der Waals surface area contributed by atoms with Crippen LogP contribution in [0.5, 0.6) is 17.2 Å². The molecule has 176 valence electrons. The molecule has 0 amide bonds. The van der Waals surface area contributed by atoms with Crippen LogP contribution in [0, 0.1) is 11.7 Å². The van der Waals surface area contributed by atoms with E-state index in [-0.39, 0.29) is 29.3 Å². The first-order chi connectivity index (χ1) is 16.4. The maximum absolute atomic E-state index is 14.7. The minimum absolute atomic E-state index is 0.0681. The van der Waals surface area contributed by atoms with Crippen molar-refractivity contribution < 1.29 is 22.6 Å². The summed E-state index contributed by atoms with van der Waals surface area (Å²) in [6.07, 6.45) is 3.11.